The smallest absolute Gasteiger partial charge is 0.0162 e. The van der Waals surface area contributed by atoms with Gasteiger partial charge in [-0.15, -0.1) is 0 Å². The highest BCUT2D eigenvalue weighted by molar-refractivity contribution is 5.71. The van der Waals surface area contributed by atoms with Crippen LogP contribution < -0.4 is 0 Å². The van der Waals surface area contributed by atoms with Gasteiger partial charge >= 0.3 is 0 Å². The Morgan fingerprint density at radius 3 is 1.68 bits per heavy atom. The second kappa shape index (κ2) is 16.3. The van der Waals surface area contributed by atoms with Crippen LogP contribution in [0.3, 0.4) is 0 Å². The molecule has 0 aromatic heterocycles. The van der Waals surface area contributed by atoms with Gasteiger partial charge in [-0.05, 0) is 90.5 Å². The Hall–Kier alpha value is -1.82. The van der Waals surface area contributed by atoms with E-state index in [1.807, 2.05) is 0 Å². The van der Waals surface area contributed by atoms with Crippen molar-refractivity contribution in [1.29, 1.82) is 0 Å². The quantitative estimate of drug-likeness (QED) is 0.208. The summed E-state index contributed by atoms with van der Waals surface area (Å²) in [5.41, 5.74) is 7.29. The lowest BCUT2D eigenvalue weighted by Crippen LogP contribution is -2.13. The molecule has 0 heterocycles. The highest BCUT2D eigenvalue weighted by Gasteiger charge is 2.22. The largest absolute Gasteiger partial charge is 0.0804 e. The third-order valence-electron chi connectivity index (χ3n) is 9.77. The lowest BCUT2D eigenvalue weighted by atomic mass is 9.77. The standard InChI is InChI=1S/C38H56/c1-3-5-7-8-9-10-12-14-32-17-21-34(22-18-32)36-25-29-38(30-26-36)37-27-23-35(24-28-37)33-19-15-31(16-20-33)13-11-6-4-2/h19,23-32,34H,3-18,20-22H2,1-2H3/t31?,32-,34-. The fourth-order valence-electron chi connectivity index (χ4n) is 7.09. The highest BCUT2D eigenvalue weighted by Crippen LogP contribution is 2.39. The predicted octanol–water partition coefficient (Wildman–Crippen LogP) is 12.5. The van der Waals surface area contributed by atoms with Gasteiger partial charge in [-0.3, -0.25) is 0 Å². The van der Waals surface area contributed by atoms with Gasteiger partial charge in [0.15, 0.2) is 0 Å². The Morgan fingerprint density at radius 1 is 0.526 bits per heavy atom. The molecule has 0 N–H and O–H groups in total. The van der Waals surface area contributed by atoms with E-state index in [9.17, 15) is 0 Å². The first-order valence-corrected chi connectivity index (χ1v) is 16.7. The van der Waals surface area contributed by atoms with Gasteiger partial charge in [0, 0.05) is 0 Å². The van der Waals surface area contributed by atoms with Crippen LogP contribution in [0.15, 0.2) is 54.6 Å². The second-order valence-electron chi connectivity index (χ2n) is 12.7. The van der Waals surface area contributed by atoms with Gasteiger partial charge in [0.25, 0.3) is 0 Å². The topological polar surface area (TPSA) is 0 Å². The van der Waals surface area contributed by atoms with Crippen LogP contribution in [0, 0.1) is 11.8 Å². The van der Waals surface area contributed by atoms with Gasteiger partial charge in [-0.25, -0.2) is 0 Å². The maximum atomic E-state index is 2.54. The van der Waals surface area contributed by atoms with E-state index >= 15 is 0 Å². The Balaban J connectivity index is 1.19. The molecule has 1 saturated carbocycles. The summed E-state index contributed by atoms with van der Waals surface area (Å²) in [6.45, 7) is 4.61. The average Bonchev–Trinajstić information content (AvgIpc) is 2.98. The summed E-state index contributed by atoms with van der Waals surface area (Å²) in [6, 6.07) is 19.0. The minimum Gasteiger partial charge on any atom is -0.0804 e. The van der Waals surface area contributed by atoms with E-state index in [-0.39, 0.29) is 0 Å². The highest BCUT2D eigenvalue weighted by atomic mass is 14.3. The minimum absolute atomic E-state index is 0.778. The van der Waals surface area contributed by atoms with Crippen LogP contribution in [0.5, 0.6) is 0 Å². The molecule has 2 aromatic carbocycles. The summed E-state index contributed by atoms with van der Waals surface area (Å²) in [6.07, 6.45) is 29.2. The van der Waals surface area contributed by atoms with Crippen LogP contribution in [0.2, 0.25) is 0 Å². The van der Waals surface area contributed by atoms with Gasteiger partial charge < -0.3 is 0 Å². The zero-order valence-electron chi connectivity index (χ0n) is 24.9. The minimum atomic E-state index is 0.778. The first kappa shape index (κ1) is 29.2. The molecule has 0 spiro atoms. The number of benzene rings is 2. The summed E-state index contributed by atoms with van der Waals surface area (Å²) in [7, 11) is 0. The first-order chi connectivity index (χ1) is 18.8. The van der Waals surface area contributed by atoms with E-state index in [1.165, 1.54) is 139 Å². The maximum Gasteiger partial charge on any atom is -0.0162 e. The summed E-state index contributed by atoms with van der Waals surface area (Å²) in [5.74, 6) is 2.69. The van der Waals surface area contributed by atoms with Crippen LogP contribution in [0.4, 0.5) is 0 Å². The molecule has 1 unspecified atom stereocenters. The van der Waals surface area contributed by atoms with Crippen LogP contribution in [0.1, 0.15) is 153 Å². The number of rotatable bonds is 15. The molecule has 208 valence electrons. The maximum absolute atomic E-state index is 2.54. The molecule has 38 heavy (non-hydrogen) atoms. The molecule has 4 rings (SSSR count). The Labute approximate surface area is 235 Å². The molecular weight excluding hydrogens is 456 g/mol. The molecule has 0 heteroatoms. The summed E-state index contributed by atoms with van der Waals surface area (Å²) in [4.78, 5) is 0. The number of allylic oxidation sites excluding steroid dienone is 2. The predicted molar refractivity (Wildman–Crippen MR) is 169 cm³/mol. The molecule has 0 saturated heterocycles. The van der Waals surface area contributed by atoms with Gasteiger partial charge in [-0.2, -0.15) is 0 Å². The molecule has 2 aliphatic rings. The molecule has 2 aliphatic carbocycles. The molecule has 0 amide bonds. The molecule has 0 radical (unpaired) electrons. The van der Waals surface area contributed by atoms with E-state index in [2.05, 4.69) is 68.5 Å². The SMILES string of the molecule is CCCCCCCCC[C@H]1CC[C@H](c2ccc(-c3ccc(C4=CCC(CCCCC)CC4)cc3)cc2)CC1. The normalized spacial score (nSPS) is 21.8. The third kappa shape index (κ3) is 9.14. The zero-order chi connectivity index (χ0) is 26.4. The molecular formula is C38H56. The van der Waals surface area contributed by atoms with E-state index in [4.69, 9.17) is 0 Å². The number of unbranched alkanes of at least 4 members (excludes halogenated alkanes) is 8. The van der Waals surface area contributed by atoms with E-state index in [1.54, 1.807) is 11.1 Å². The van der Waals surface area contributed by atoms with Crippen molar-refractivity contribution in [2.75, 3.05) is 0 Å². The summed E-state index contributed by atoms with van der Waals surface area (Å²) >= 11 is 0. The van der Waals surface area contributed by atoms with Crippen molar-refractivity contribution in [1.82, 2.24) is 0 Å². The second-order valence-corrected chi connectivity index (χ2v) is 12.7. The molecule has 0 bridgehead atoms. The van der Waals surface area contributed by atoms with Crippen molar-refractivity contribution in [2.24, 2.45) is 11.8 Å². The Kier molecular flexibility index (Phi) is 12.5. The van der Waals surface area contributed by atoms with Crippen LogP contribution in [-0.2, 0) is 0 Å². The van der Waals surface area contributed by atoms with E-state index in [0.717, 1.165) is 17.8 Å². The summed E-state index contributed by atoms with van der Waals surface area (Å²) < 4.78 is 0. The fourth-order valence-corrected chi connectivity index (χ4v) is 7.09. The van der Waals surface area contributed by atoms with Gasteiger partial charge in [0.05, 0.1) is 0 Å². The molecule has 2 aromatic rings. The van der Waals surface area contributed by atoms with Crippen LogP contribution >= 0.6 is 0 Å². The molecule has 0 nitrogen and oxygen atoms in total. The first-order valence-electron chi connectivity index (χ1n) is 16.7. The third-order valence-corrected chi connectivity index (χ3v) is 9.77. The number of hydrogen-bond acceptors (Lipinski definition) is 0. The Morgan fingerprint density at radius 2 is 1.05 bits per heavy atom. The molecule has 0 aliphatic heterocycles. The van der Waals surface area contributed by atoms with Crippen molar-refractivity contribution >= 4 is 5.57 Å². The lowest BCUT2D eigenvalue weighted by Gasteiger charge is -2.29. The fraction of sp³-hybridized carbons (Fsp3) is 0.632. The van der Waals surface area contributed by atoms with Crippen molar-refractivity contribution < 1.29 is 0 Å². The van der Waals surface area contributed by atoms with Gasteiger partial charge in [-0.1, -0.05) is 146 Å². The van der Waals surface area contributed by atoms with Crippen molar-refractivity contribution in [2.45, 2.75) is 142 Å². The Bertz CT molecular complexity index is 923. The van der Waals surface area contributed by atoms with E-state index in [0.29, 0.717) is 0 Å². The monoisotopic (exact) mass is 512 g/mol. The van der Waals surface area contributed by atoms with Crippen molar-refractivity contribution in [3.05, 3.63) is 65.7 Å². The summed E-state index contributed by atoms with van der Waals surface area (Å²) in [5, 5.41) is 0. The van der Waals surface area contributed by atoms with Gasteiger partial charge in [0.1, 0.15) is 0 Å². The molecule has 1 atom stereocenters. The van der Waals surface area contributed by atoms with E-state index < -0.39 is 0 Å². The van der Waals surface area contributed by atoms with Crippen molar-refractivity contribution in [3.63, 3.8) is 0 Å². The van der Waals surface area contributed by atoms with Crippen LogP contribution in [0.25, 0.3) is 16.7 Å². The number of hydrogen-bond donors (Lipinski definition) is 0. The van der Waals surface area contributed by atoms with Crippen LogP contribution in [-0.4, -0.2) is 0 Å². The molecule has 1 fully saturated rings. The lowest BCUT2D eigenvalue weighted by molar-refractivity contribution is 0.302. The van der Waals surface area contributed by atoms with Gasteiger partial charge in [0.2, 0.25) is 0 Å². The zero-order valence-corrected chi connectivity index (χ0v) is 24.9. The van der Waals surface area contributed by atoms with Crippen molar-refractivity contribution in [3.8, 4) is 11.1 Å². The average molecular weight is 513 g/mol.